The van der Waals surface area contributed by atoms with Gasteiger partial charge in [-0.3, -0.25) is 4.79 Å². The third kappa shape index (κ3) is 4.99. The minimum atomic E-state index is -0.570. The molecule has 0 aromatic heterocycles. The molecule has 0 heterocycles. The van der Waals surface area contributed by atoms with Crippen molar-refractivity contribution >= 4 is 17.5 Å². The molecule has 25 heavy (non-hydrogen) atoms. The van der Waals surface area contributed by atoms with Crippen LogP contribution in [0.5, 0.6) is 5.75 Å². The summed E-state index contributed by atoms with van der Waals surface area (Å²) in [6, 6.07) is 13.5. The fourth-order valence-electron chi connectivity index (χ4n) is 2.90. The van der Waals surface area contributed by atoms with Crippen molar-refractivity contribution in [3.63, 3.8) is 0 Å². The van der Waals surface area contributed by atoms with Gasteiger partial charge in [0.1, 0.15) is 5.75 Å². The Labute approximate surface area is 155 Å². The zero-order valence-electron chi connectivity index (χ0n) is 15.3. The van der Waals surface area contributed by atoms with E-state index in [9.17, 15) is 4.79 Å². The van der Waals surface area contributed by atoms with Gasteiger partial charge in [-0.25, -0.2) is 0 Å². The largest absolute Gasteiger partial charge is 0.479 e. The first-order valence-corrected chi connectivity index (χ1v) is 9.12. The fraction of sp³-hybridized carbons (Fsp3) is 0.381. The van der Waals surface area contributed by atoms with Gasteiger partial charge < -0.3 is 10.1 Å². The average Bonchev–Trinajstić information content (AvgIpc) is 2.59. The fourth-order valence-corrected chi connectivity index (χ4v) is 3.08. The van der Waals surface area contributed by atoms with Crippen LogP contribution in [-0.4, -0.2) is 12.0 Å². The van der Waals surface area contributed by atoms with Crippen molar-refractivity contribution < 1.29 is 9.53 Å². The number of rotatable bonds is 7. The highest BCUT2D eigenvalue weighted by Crippen LogP contribution is 2.26. The second-order valence-corrected chi connectivity index (χ2v) is 6.68. The Balaban J connectivity index is 2.12. The number of hydrogen-bond donors (Lipinski definition) is 1. The van der Waals surface area contributed by atoms with E-state index in [1.165, 1.54) is 11.1 Å². The normalized spacial score (nSPS) is 13.2. The van der Waals surface area contributed by atoms with Gasteiger partial charge in [0, 0.05) is 0 Å². The number of aryl methyl sites for hydroxylation is 2. The van der Waals surface area contributed by atoms with Crippen LogP contribution < -0.4 is 10.1 Å². The maximum absolute atomic E-state index is 12.7. The first-order valence-electron chi connectivity index (χ1n) is 8.75. The quantitative estimate of drug-likeness (QED) is 0.720. The summed E-state index contributed by atoms with van der Waals surface area (Å²) in [6.07, 6.45) is 0.818. The van der Waals surface area contributed by atoms with Gasteiger partial charge >= 0.3 is 0 Å². The maximum atomic E-state index is 12.7. The molecule has 4 heteroatoms. The number of para-hydroxylation sites is 1. The molecule has 0 saturated heterocycles. The van der Waals surface area contributed by atoms with Crippen LogP contribution >= 0.6 is 11.6 Å². The second-order valence-electron chi connectivity index (χ2n) is 6.27. The number of carbonyl (C=O) groups excluding carboxylic acids is 1. The monoisotopic (exact) mass is 359 g/mol. The second kappa shape index (κ2) is 8.91. The summed E-state index contributed by atoms with van der Waals surface area (Å²) >= 11 is 6.14. The lowest BCUT2D eigenvalue weighted by atomic mass is 9.97. The van der Waals surface area contributed by atoms with E-state index >= 15 is 0 Å². The van der Waals surface area contributed by atoms with Crippen LogP contribution in [-0.2, 0) is 4.79 Å². The molecule has 0 saturated carbocycles. The molecule has 0 bridgehead atoms. The minimum absolute atomic E-state index is 0.0306. The van der Waals surface area contributed by atoms with Gasteiger partial charge in [0.05, 0.1) is 11.1 Å². The minimum Gasteiger partial charge on any atom is -0.479 e. The lowest BCUT2D eigenvalue weighted by Crippen LogP contribution is -2.40. The molecule has 0 aliphatic carbocycles. The van der Waals surface area contributed by atoms with Crippen LogP contribution in [0.25, 0.3) is 0 Å². The predicted octanol–water partition coefficient (Wildman–Crippen LogP) is 5.38. The summed E-state index contributed by atoms with van der Waals surface area (Å²) < 4.78 is 5.84. The zero-order chi connectivity index (χ0) is 18.4. The molecule has 0 radical (unpaired) electrons. The van der Waals surface area contributed by atoms with Gasteiger partial charge in [0.25, 0.3) is 5.91 Å². The number of carbonyl (C=O) groups is 1. The number of ether oxygens (including phenoxy) is 1. The van der Waals surface area contributed by atoms with Crippen LogP contribution in [0.4, 0.5) is 0 Å². The highest BCUT2D eigenvalue weighted by molar-refractivity contribution is 6.32. The Hall–Kier alpha value is -2.00. The summed E-state index contributed by atoms with van der Waals surface area (Å²) in [6.45, 7) is 8.15. The average molecular weight is 360 g/mol. The molecule has 134 valence electrons. The Morgan fingerprint density at radius 1 is 1.12 bits per heavy atom. The van der Waals surface area contributed by atoms with Crippen molar-refractivity contribution in [3.05, 3.63) is 64.2 Å². The van der Waals surface area contributed by atoms with Gasteiger partial charge in [-0.15, -0.1) is 0 Å². The van der Waals surface area contributed by atoms with Gasteiger partial charge in [-0.2, -0.15) is 0 Å². The van der Waals surface area contributed by atoms with E-state index in [1.807, 2.05) is 19.1 Å². The standard InChI is InChI=1S/C21H26ClNO2/c1-5-18(16-12-11-14(3)13-15(16)4)23-21(24)19(6-2)25-20-10-8-7-9-17(20)22/h7-13,18-19H,5-6H2,1-4H3,(H,23,24)/t18-,19-/m0/s1. The molecular formula is C21H26ClNO2. The summed E-state index contributed by atoms with van der Waals surface area (Å²) in [5.41, 5.74) is 3.55. The van der Waals surface area contributed by atoms with E-state index in [-0.39, 0.29) is 11.9 Å². The van der Waals surface area contributed by atoms with Crippen molar-refractivity contribution in [2.45, 2.75) is 52.7 Å². The van der Waals surface area contributed by atoms with Crippen LogP contribution in [0.1, 0.15) is 49.4 Å². The first-order chi connectivity index (χ1) is 12.0. The Kier molecular flexibility index (Phi) is 6.89. The molecule has 0 unspecified atom stereocenters. The molecule has 2 aromatic carbocycles. The van der Waals surface area contributed by atoms with E-state index in [0.29, 0.717) is 17.2 Å². The molecule has 0 spiro atoms. The molecule has 2 rings (SSSR count). The number of halogens is 1. The molecule has 3 nitrogen and oxygen atoms in total. The molecule has 1 N–H and O–H groups in total. The van der Waals surface area contributed by atoms with Crippen molar-refractivity contribution in [3.8, 4) is 5.75 Å². The Morgan fingerprint density at radius 2 is 1.84 bits per heavy atom. The summed E-state index contributed by atoms with van der Waals surface area (Å²) in [5.74, 6) is 0.417. The van der Waals surface area contributed by atoms with Crippen molar-refractivity contribution in [2.24, 2.45) is 0 Å². The van der Waals surface area contributed by atoms with Crippen molar-refractivity contribution in [1.29, 1.82) is 0 Å². The van der Waals surface area contributed by atoms with E-state index in [4.69, 9.17) is 16.3 Å². The Bertz CT molecular complexity index is 730. The van der Waals surface area contributed by atoms with Gasteiger partial charge in [0.15, 0.2) is 6.10 Å². The van der Waals surface area contributed by atoms with Gasteiger partial charge in [0.2, 0.25) is 0 Å². The number of hydrogen-bond acceptors (Lipinski definition) is 2. The van der Waals surface area contributed by atoms with E-state index in [0.717, 1.165) is 12.0 Å². The van der Waals surface area contributed by atoms with Gasteiger partial charge in [-0.05, 0) is 49.9 Å². The molecule has 0 fully saturated rings. The van der Waals surface area contributed by atoms with Gasteiger partial charge in [-0.1, -0.05) is 61.3 Å². The van der Waals surface area contributed by atoms with E-state index in [2.05, 4.69) is 44.3 Å². The van der Waals surface area contributed by atoms with Crippen LogP contribution in [0, 0.1) is 13.8 Å². The number of benzene rings is 2. The molecular weight excluding hydrogens is 334 g/mol. The molecule has 0 aliphatic heterocycles. The Morgan fingerprint density at radius 3 is 2.44 bits per heavy atom. The van der Waals surface area contributed by atoms with E-state index < -0.39 is 6.10 Å². The SMILES string of the molecule is CC[C@H](Oc1ccccc1Cl)C(=O)N[C@@H](CC)c1ccc(C)cc1C. The first kappa shape index (κ1) is 19.3. The molecule has 2 atom stereocenters. The molecule has 2 aromatic rings. The summed E-state index contributed by atoms with van der Waals surface area (Å²) in [5, 5.41) is 3.64. The lowest BCUT2D eigenvalue weighted by molar-refractivity contribution is -0.128. The smallest absolute Gasteiger partial charge is 0.261 e. The number of amides is 1. The van der Waals surface area contributed by atoms with Crippen LogP contribution in [0.2, 0.25) is 5.02 Å². The van der Waals surface area contributed by atoms with Crippen molar-refractivity contribution in [2.75, 3.05) is 0 Å². The summed E-state index contributed by atoms with van der Waals surface area (Å²) in [7, 11) is 0. The zero-order valence-corrected chi connectivity index (χ0v) is 16.1. The highest BCUT2D eigenvalue weighted by atomic mass is 35.5. The predicted molar refractivity (Wildman–Crippen MR) is 103 cm³/mol. The third-order valence-corrected chi connectivity index (χ3v) is 4.61. The van der Waals surface area contributed by atoms with E-state index in [1.54, 1.807) is 12.1 Å². The van der Waals surface area contributed by atoms with Crippen molar-refractivity contribution in [1.82, 2.24) is 5.32 Å². The maximum Gasteiger partial charge on any atom is 0.261 e. The summed E-state index contributed by atoms with van der Waals surface area (Å²) in [4.78, 5) is 12.7. The van der Waals surface area contributed by atoms with Crippen LogP contribution in [0.3, 0.4) is 0 Å². The van der Waals surface area contributed by atoms with Crippen LogP contribution in [0.15, 0.2) is 42.5 Å². The molecule has 0 aliphatic rings. The molecule has 1 amide bonds. The lowest BCUT2D eigenvalue weighted by Gasteiger charge is -2.24. The number of nitrogens with one attached hydrogen (secondary N) is 1. The topological polar surface area (TPSA) is 38.3 Å². The third-order valence-electron chi connectivity index (χ3n) is 4.29. The highest BCUT2D eigenvalue weighted by Gasteiger charge is 2.23.